The second-order valence-electron chi connectivity index (χ2n) is 6.46. The van der Waals surface area contributed by atoms with Gasteiger partial charge in [-0.1, -0.05) is 72.8 Å². The predicted octanol–water partition coefficient (Wildman–Crippen LogP) is 4.19. The molecular formula is C21H18O2. The zero-order valence-corrected chi connectivity index (χ0v) is 12.8. The summed E-state index contributed by atoms with van der Waals surface area (Å²) >= 11 is 0. The summed E-state index contributed by atoms with van der Waals surface area (Å²) in [6, 6.07) is 18.7. The van der Waals surface area contributed by atoms with Crippen molar-refractivity contribution >= 4 is 11.6 Å². The molecule has 0 amide bonds. The molecule has 2 nitrogen and oxygen atoms in total. The van der Waals surface area contributed by atoms with Crippen LogP contribution in [-0.4, -0.2) is 11.6 Å². The van der Waals surface area contributed by atoms with Gasteiger partial charge in [0.05, 0.1) is 0 Å². The van der Waals surface area contributed by atoms with Crippen LogP contribution in [0.1, 0.15) is 27.1 Å². The number of hydrogen-bond acceptors (Lipinski definition) is 2. The molecule has 2 aliphatic rings. The Morgan fingerprint density at radius 1 is 0.652 bits per heavy atom. The Morgan fingerprint density at radius 3 is 1.43 bits per heavy atom. The van der Waals surface area contributed by atoms with E-state index < -0.39 is 0 Å². The summed E-state index contributed by atoms with van der Waals surface area (Å²) in [5, 5.41) is 0. The van der Waals surface area contributed by atoms with Crippen LogP contribution in [0.15, 0.2) is 72.8 Å². The maximum absolute atomic E-state index is 13.0. The molecule has 2 aromatic rings. The molecule has 0 heterocycles. The van der Waals surface area contributed by atoms with E-state index in [1.54, 1.807) is 0 Å². The van der Waals surface area contributed by atoms with Gasteiger partial charge in [-0.25, -0.2) is 0 Å². The van der Waals surface area contributed by atoms with Crippen LogP contribution in [-0.2, 0) is 0 Å². The molecule has 2 heteroatoms. The third-order valence-corrected chi connectivity index (χ3v) is 5.18. The number of benzene rings is 2. The van der Waals surface area contributed by atoms with Crippen LogP contribution >= 0.6 is 0 Å². The lowest BCUT2D eigenvalue weighted by Crippen LogP contribution is -2.33. The summed E-state index contributed by atoms with van der Waals surface area (Å²) in [4.78, 5) is 26.0. The van der Waals surface area contributed by atoms with Crippen molar-refractivity contribution in [3.63, 3.8) is 0 Å². The smallest absolute Gasteiger partial charge is 0.167 e. The Labute approximate surface area is 135 Å². The third-order valence-electron chi connectivity index (χ3n) is 5.18. The van der Waals surface area contributed by atoms with E-state index in [1.165, 1.54) is 0 Å². The molecule has 0 N–H and O–H groups in total. The summed E-state index contributed by atoms with van der Waals surface area (Å²) in [5.74, 6) is 0.171. The highest BCUT2D eigenvalue weighted by Gasteiger charge is 2.51. The van der Waals surface area contributed by atoms with Gasteiger partial charge in [0.1, 0.15) is 0 Å². The minimum absolute atomic E-state index is 0.108. The number of rotatable bonds is 4. The monoisotopic (exact) mass is 302 g/mol. The molecule has 0 saturated heterocycles. The van der Waals surface area contributed by atoms with Gasteiger partial charge in [-0.15, -0.1) is 0 Å². The van der Waals surface area contributed by atoms with Crippen LogP contribution < -0.4 is 0 Å². The van der Waals surface area contributed by atoms with Gasteiger partial charge >= 0.3 is 0 Å². The number of hydrogen-bond donors (Lipinski definition) is 0. The number of carbonyl (C=O) groups is 2. The molecule has 2 aliphatic carbocycles. The molecule has 1 fully saturated rings. The molecule has 0 aromatic heterocycles. The molecule has 0 unspecified atom stereocenters. The van der Waals surface area contributed by atoms with Crippen molar-refractivity contribution in [2.75, 3.05) is 0 Å². The number of allylic oxidation sites excluding steroid dienone is 2. The number of Topliss-reactive ketones (excluding diaryl/α,β-unsaturated/α-hetero) is 2. The molecule has 4 atom stereocenters. The fraction of sp³-hybridized carbons (Fsp3) is 0.238. The zero-order valence-electron chi connectivity index (χ0n) is 12.8. The molecule has 0 aliphatic heterocycles. The van der Waals surface area contributed by atoms with Crippen molar-refractivity contribution in [2.24, 2.45) is 23.7 Å². The first-order chi connectivity index (χ1) is 11.3. The van der Waals surface area contributed by atoms with Crippen LogP contribution in [0.5, 0.6) is 0 Å². The van der Waals surface area contributed by atoms with Gasteiger partial charge in [-0.05, 0) is 18.3 Å². The average Bonchev–Trinajstić information content (AvgIpc) is 3.23. The van der Waals surface area contributed by atoms with Gasteiger partial charge in [-0.3, -0.25) is 9.59 Å². The quantitative estimate of drug-likeness (QED) is 0.627. The van der Waals surface area contributed by atoms with Gasteiger partial charge < -0.3 is 0 Å². The van der Waals surface area contributed by atoms with Crippen molar-refractivity contribution in [3.8, 4) is 0 Å². The van der Waals surface area contributed by atoms with Gasteiger partial charge in [0, 0.05) is 23.0 Å². The van der Waals surface area contributed by atoms with E-state index >= 15 is 0 Å². The summed E-state index contributed by atoms with van der Waals surface area (Å²) in [5.41, 5.74) is 1.42. The van der Waals surface area contributed by atoms with Crippen molar-refractivity contribution in [3.05, 3.63) is 83.9 Å². The number of carbonyl (C=O) groups excluding carboxylic acids is 2. The van der Waals surface area contributed by atoms with Crippen LogP contribution in [0.4, 0.5) is 0 Å². The first kappa shape index (κ1) is 14.1. The molecule has 0 radical (unpaired) electrons. The highest BCUT2D eigenvalue weighted by Crippen LogP contribution is 2.50. The fourth-order valence-electron chi connectivity index (χ4n) is 4.13. The van der Waals surface area contributed by atoms with Gasteiger partial charge in [0.25, 0.3) is 0 Å². The van der Waals surface area contributed by atoms with E-state index in [4.69, 9.17) is 0 Å². The Bertz CT molecular complexity index is 695. The van der Waals surface area contributed by atoms with Gasteiger partial charge in [0.15, 0.2) is 11.6 Å². The fourth-order valence-corrected chi connectivity index (χ4v) is 4.13. The van der Waals surface area contributed by atoms with Crippen LogP contribution in [0.2, 0.25) is 0 Å². The summed E-state index contributed by atoms with van der Waals surface area (Å²) in [6.45, 7) is 0. The number of fused-ring (bicyclic) bond motifs is 2. The number of ketones is 2. The van der Waals surface area contributed by atoms with Crippen LogP contribution in [0.3, 0.4) is 0 Å². The maximum atomic E-state index is 13.0. The Balaban J connectivity index is 1.69. The second kappa shape index (κ2) is 5.62. The highest BCUT2D eigenvalue weighted by atomic mass is 16.1. The molecular weight excluding hydrogens is 284 g/mol. The Kier molecular flexibility index (Phi) is 3.45. The molecule has 4 rings (SSSR count). The maximum Gasteiger partial charge on any atom is 0.167 e. The van der Waals surface area contributed by atoms with E-state index in [2.05, 4.69) is 12.2 Å². The normalized spacial score (nSPS) is 28.0. The summed E-state index contributed by atoms with van der Waals surface area (Å²) < 4.78 is 0. The summed E-state index contributed by atoms with van der Waals surface area (Å²) in [7, 11) is 0. The Morgan fingerprint density at radius 2 is 1.04 bits per heavy atom. The average molecular weight is 302 g/mol. The molecule has 2 bridgehead atoms. The van der Waals surface area contributed by atoms with Crippen molar-refractivity contribution in [1.82, 2.24) is 0 Å². The lowest BCUT2D eigenvalue weighted by atomic mass is 9.75. The van der Waals surface area contributed by atoms with Gasteiger partial charge in [-0.2, -0.15) is 0 Å². The lowest BCUT2D eigenvalue weighted by Gasteiger charge is -2.26. The first-order valence-corrected chi connectivity index (χ1v) is 8.12. The lowest BCUT2D eigenvalue weighted by molar-refractivity contribution is 0.0752. The van der Waals surface area contributed by atoms with E-state index in [9.17, 15) is 9.59 Å². The standard InChI is InChI=1S/C21H18O2/c22-20(14-7-3-1-4-8-14)18-16-11-12-17(13-16)19(18)21(23)15-9-5-2-6-10-15/h1-12,16-19H,13H2/t16-,17+,18+,19-. The van der Waals surface area contributed by atoms with Crippen LogP contribution in [0, 0.1) is 23.7 Å². The molecule has 23 heavy (non-hydrogen) atoms. The van der Waals surface area contributed by atoms with Crippen molar-refractivity contribution in [1.29, 1.82) is 0 Å². The zero-order chi connectivity index (χ0) is 15.8. The Hall–Kier alpha value is -2.48. The van der Waals surface area contributed by atoms with Crippen molar-refractivity contribution < 1.29 is 9.59 Å². The topological polar surface area (TPSA) is 34.1 Å². The van der Waals surface area contributed by atoms with E-state index in [1.807, 2.05) is 60.7 Å². The van der Waals surface area contributed by atoms with Crippen molar-refractivity contribution in [2.45, 2.75) is 6.42 Å². The van der Waals surface area contributed by atoms with Crippen LogP contribution in [0.25, 0.3) is 0 Å². The molecule has 114 valence electrons. The minimum Gasteiger partial charge on any atom is -0.294 e. The van der Waals surface area contributed by atoms with E-state index in [0.717, 1.165) is 6.42 Å². The van der Waals surface area contributed by atoms with Gasteiger partial charge in [0.2, 0.25) is 0 Å². The minimum atomic E-state index is -0.222. The largest absolute Gasteiger partial charge is 0.294 e. The SMILES string of the molecule is O=C(c1ccccc1)[C@@H]1[C@H](C(=O)c2ccccc2)[C@H]2C=C[C@@H]1C2. The van der Waals surface area contributed by atoms with E-state index in [-0.39, 0.29) is 35.2 Å². The van der Waals surface area contributed by atoms with E-state index in [0.29, 0.717) is 11.1 Å². The molecule has 0 spiro atoms. The summed E-state index contributed by atoms with van der Waals surface area (Å²) in [6.07, 6.45) is 5.18. The second-order valence-corrected chi connectivity index (χ2v) is 6.46. The third kappa shape index (κ3) is 2.35. The predicted molar refractivity (Wildman–Crippen MR) is 89.3 cm³/mol. The molecule has 1 saturated carbocycles. The highest BCUT2D eigenvalue weighted by molar-refractivity contribution is 6.06. The molecule has 2 aromatic carbocycles. The first-order valence-electron chi connectivity index (χ1n) is 8.12.